The lowest BCUT2D eigenvalue weighted by Gasteiger charge is -2.29. The number of carbonyl (C=O) groups is 2. The zero-order valence-corrected chi connectivity index (χ0v) is 18.9. The van der Waals surface area contributed by atoms with Crippen molar-refractivity contribution in [3.8, 4) is 17.0 Å². The number of esters is 1. The molecule has 1 aromatic heterocycles. The molecule has 0 atom stereocenters. The van der Waals surface area contributed by atoms with Crippen molar-refractivity contribution in [1.29, 1.82) is 0 Å². The summed E-state index contributed by atoms with van der Waals surface area (Å²) in [5, 5.41) is 3.10. The van der Waals surface area contributed by atoms with Crippen LogP contribution in [0.25, 0.3) is 11.3 Å². The minimum atomic E-state index is -0.427. The number of ether oxygens (including phenoxy) is 2. The minimum absolute atomic E-state index is 0.0923. The quantitative estimate of drug-likeness (QED) is 0.350. The summed E-state index contributed by atoms with van der Waals surface area (Å²) < 4.78 is 11.0. The number of thiazole rings is 1. The normalized spacial score (nSPS) is 12.9. The summed E-state index contributed by atoms with van der Waals surface area (Å²) in [4.78, 5) is 31.1. The lowest BCUT2D eigenvalue weighted by atomic mass is 10.1. The van der Waals surface area contributed by atoms with E-state index < -0.39 is 5.97 Å². The Bertz CT molecular complexity index is 1080. The lowest BCUT2D eigenvalue weighted by Crippen LogP contribution is -2.42. The summed E-state index contributed by atoms with van der Waals surface area (Å²) in [6, 6.07) is 15.7. The van der Waals surface area contributed by atoms with Gasteiger partial charge in [-0.05, 0) is 49.4 Å². The molecule has 0 spiro atoms. The number of nitrogens with zero attached hydrogens (tertiary/aromatic N) is 2. The number of aryl methyl sites for hydroxylation is 2. The van der Waals surface area contributed by atoms with E-state index in [9.17, 15) is 9.59 Å². The van der Waals surface area contributed by atoms with Gasteiger partial charge in [-0.15, -0.1) is 11.3 Å². The Balaban J connectivity index is 1.40. The molecule has 0 radical (unpaired) electrons. The molecule has 0 fully saturated rings. The maximum atomic E-state index is 12.5. The van der Waals surface area contributed by atoms with Gasteiger partial charge in [0, 0.05) is 10.9 Å². The second-order valence-corrected chi connectivity index (χ2v) is 8.58. The maximum Gasteiger partial charge on any atom is 0.326 e. The first-order valence-corrected chi connectivity index (χ1v) is 11.7. The predicted molar refractivity (Wildman–Crippen MR) is 125 cm³/mol. The average Bonchev–Trinajstić information content (AvgIpc) is 3.28. The number of aromatic nitrogens is 1. The third-order valence-corrected chi connectivity index (χ3v) is 6.12. The van der Waals surface area contributed by atoms with E-state index in [0.29, 0.717) is 18.0 Å². The fourth-order valence-electron chi connectivity index (χ4n) is 3.59. The van der Waals surface area contributed by atoms with E-state index in [1.165, 1.54) is 10.5 Å². The van der Waals surface area contributed by atoms with E-state index in [1.807, 2.05) is 41.8 Å². The molecule has 0 N–H and O–H groups in total. The second-order valence-electron chi connectivity index (χ2n) is 7.64. The van der Waals surface area contributed by atoms with Crippen molar-refractivity contribution in [1.82, 2.24) is 4.98 Å². The summed E-state index contributed by atoms with van der Waals surface area (Å²) in [5.74, 6) is -0.112. The molecule has 2 heterocycles. The molecule has 3 aromatic rings. The summed E-state index contributed by atoms with van der Waals surface area (Å²) in [6.07, 6.45) is 3.56. The Hall–Kier alpha value is -3.19. The van der Waals surface area contributed by atoms with Crippen LogP contribution in [0.15, 0.2) is 53.9 Å². The van der Waals surface area contributed by atoms with Crippen LogP contribution in [0, 0.1) is 0 Å². The highest BCUT2D eigenvalue weighted by molar-refractivity contribution is 7.09. The van der Waals surface area contributed by atoms with Crippen LogP contribution in [-0.4, -0.2) is 36.6 Å². The van der Waals surface area contributed by atoms with Crippen molar-refractivity contribution in [2.24, 2.45) is 0 Å². The average molecular weight is 451 g/mol. The van der Waals surface area contributed by atoms with E-state index >= 15 is 0 Å². The van der Waals surface area contributed by atoms with E-state index in [-0.39, 0.29) is 19.1 Å². The van der Waals surface area contributed by atoms with Crippen LogP contribution in [0.2, 0.25) is 0 Å². The molecule has 0 unspecified atom stereocenters. The largest absolute Gasteiger partial charge is 0.482 e. The van der Waals surface area contributed by atoms with Gasteiger partial charge in [0.25, 0.3) is 5.91 Å². The summed E-state index contributed by atoms with van der Waals surface area (Å²) in [5.41, 5.74) is 3.53. The maximum absolute atomic E-state index is 12.5. The van der Waals surface area contributed by atoms with Crippen LogP contribution >= 0.6 is 11.3 Å². The zero-order valence-electron chi connectivity index (χ0n) is 18.1. The number of benzene rings is 2. The van der Waals surface area contributed by atoms with Crippen LogP contribution in [0.1, 0.15) is 30.3 Å². The summed E-state index contributed by atoms with van der Waals surface area (Å²) in [7, 11) is 0. The second kappa shape index (κ2) is 10.4. The molecule has 4 rings (SSSR count). The van der Waals surface area contributed by atoms with Gasteiger partial charge < -0.3 is 9.47 Å². The molecular weight excluding hydrogens is 424 g/mol. The molecule has 0 saturated heterocycles. The molecule has 1 aliphatic heterocycles. The Morgan fingerprint density at radius 1 is 1.19 bits per heavy atom. The Morgan fingerprint density at radius 2 is 2.03 bits per heavy atom. The minimum Gasteiger partial charge on any atom is -0.482 e. The summed E-state index contributed by atoms with van der Waals surface area (Å²) >= 11 is 1.63. The van der Waals surface area contributed by atoms with Crippen LogP contribution in [0.4, 0.5) is 5.69 Å². The molecular formula is C25H26N2O4S. The fraction of sp³-hybridized carbons (Fsp3) is 0.320. The van der Waals surface area contributed by atoms with Crippen molar-refractivity contribution in [2.45, 2.75) is 32.6 Å². The smallest absolute Gasteiger partial charge is 0.326 e. The molecule has 166 valence electrons. The Kier molecular flexibility index (Phi) is 7.17. The highest BCUT2D eigenvalue weighted by atomic mass is 32.1. The monoisotopic (exact) mass is 450 g/mol. The van der Waals surface area contributed by atoms with E-state index in [2.05, 4.69) is 24.0 Å². The van der Waals surface area contributed by atoms with Crippen molar-refractivity contribution < 1.29 is 19.1 Å². The number of anilines is 1. The molecule has 0 saturated carbocycles. The zero-order chi connectivity index (χ0) is 22.3. The van der Waals surface area contributed by atoms with Crippen LogP contribution < -0.4 is 9.64 Å². The molecule has 2 aromatic carbocycles. The number of rotatable bonds is 9. The number of fused-ring (bicyclic) bond motifs is 1. The van der Waals surface area contributed by atoms with Gasteiger partial charge >= 0.3 is 5.97 Å². The first-order valence-electron chi connectivity index (χ1n) is 10.9. The van der Waals surface area contributed by atoms with Crippen LogP contribution in [0.5, 0.6) is 5.75 Å². The lowest BCUT2D eigenvalue weighted by molar-refractivity contribution is -0.143. The van der Waals surface area contributed by atoms with Gasteiger partial charge in [-0.3, -0.25) is 14.5 Å². The van der Waals surface area contributed by atoms with Gasteiger partial charge in [-0.1, -0.05) is 37.3 Å². The van der Waals surface area contributed by atoms with Crippen LogP contribution in [-0.2, 0) is 27.2 Å². The molecule has 0 bridgehead atoms. The van der Waals surface area contributed by atoms with Crippen molar-refractivity contribution >= 4 is 28.9 Å². The van der Waals surface area contributed by atoms with Gasteiger partial charge in [0.1, 0.15) is 12.3 Å². The highest BCUT2D eigenvalue weighted by Crippen LogP contribution is 2.36. The van der Waals surface area contributed by atoms with Crippen LogP contribution in [0.3, 0.4) is 0 Å². The van der Waals surface area contributed by atoms with Gasteiger partial charge in [0.05, 0.1) is 23.0 Å². The predicted octanol–water partition coefficient (Wildman–Crippen LogP) is 4.66. The Labute approximate surface area is 191 Å². The molecule has 0 aliphatic carbocycles. The molecule has 1 aliphatic rings. The first kappa shape index (κ1) is 22.0. The van der Waals surface area contributed by atoms with E-state index in [4.69, 9.17) is 9.47 Å². The number of amides is 1. The van der Waals surface area contributed by atoms with E-state index in [1.54, 1.807) is 11.3 Å². The fourth-order valence-corrected chi connectivity index (χ4v) is 4.50. The van der Waals surface area contributed by atoms with Gasteiger partial charge in [0.2, 0.25) is 0 Å². The van der Waals surface area contributed by atoms with E-state index in [0.717, 1.165) is 41.9 Å². The van der Waals surface area contributed by atoms with Crippen molar-refractivity contribution in [3.05, 3.63) is 64.5 Å². The SMILES string of the molecule is CCCc1nc(-c2ccc3c(c2)N(CC(=O)OCCCc2ccccc2)C(=O)CO3)cs1. The number of carbonyl (C=O) groups excluding carboxylic acids is 2. The van der Waals surface area contributed by atoms with Crippen molar-refractivity contribution in [2.75, 3.05) is 24.7 Å². The van der Waals surface area contributed by atoms with Gasteiger partial charge in [-0.2, -0.15) is 0 Å². The Morgan fingerprint density at radius 3 is 2.84 bits per heavy atom. The van der Waals surface area contributed by atoms with Gasteiger partial charge in [-0.25, -0.2) is 4.98 Å². The third kappa shape index (κ3) is 5.34. The highest BCUT2D eigenvalue weighted by Gasteiger charge is 2.28. The topological polar surface area (TPSA) is 68.7 Å². The molecule has 1 amide bonds. The standard InChI is InChI=1S/C25H26N2O4S/c1-2-7-23-26-20(17-32-23)19-11-12-22-21(14-19)27(24(28)16-31-22)15-25(29)30-13-6-10-18-8-4-3-5-9-18/h3-5,8-9,11-12,14,17H,2,6-7,10,13,15-16H2,1H3. The van der Waals surface area contributed by atoms with Crippen molar-refractivity contribution in [3.63, 3.8) is 0 Å². The number of hydrogen-bond donors (Lipinski definition) is 0. The first-order chi connectivity index (χ1) is 15.6. The molecule has 7 heteroatoms. The summed E-state index contributed by atoms with van der Waals surface area (Å²) in [6.45, 7) is 2.22. The third-order valence-electron chi connectivity index (χ3n) is 5.22. The molecule has 6 nitrogen and oxygen atoms in total. The molecule has 32 heavy (non-hydrogen) atoms. The number of hydrogen-bond acceptors (Lipinski definition) is 6. The van der Waals surface area contributed by atoms with Gasteiger partial charge in [0.15, 0.2) is 6.61 Å².